The third-order valence-corrected chi connectivity index (χ3v) is 1.94. The molecule has 1 aromatic heterocycles. The highest BCUT2D eigenvalue weighted by Gasteiger charge is 1.99. The molecule has 0 bridgehead atoms. The SMILES string of the molecule is CC(C)NCC#Cc1cn(C)c(=O)nc1N. The molecule has 0 aliphatic heterocycles. The summed E-state index contributed by atoms with van der Waals surface area (Å²) in [5, 5.41) is 3.16. The van der Waals surface area contributed by atoms with Crippen LogP contribution in [0.3, 0.4) is 0 Å². The fraction of sp³-hybridized carbons (Fsp3) is 0.455. The Bertz CT molecular complexity index is 479. The smallest absolute Gasteiger partial charge is 0.349 e. The van der Waals surface area contributed by atoms with Crippen LogP contribution in [0.2, 0.25) is 0 Å². The number of rotatable bonds is 2. The first-order chi connectivity index (χ1) is 7.50. The third kappa shape index (κ3) is 3.41. The molecule has 0 spiro atoms. The van der Waals surface area contributed by atoms with Crippen molar-refractivity contribution in [1.82, 2.24) is 14.9 Å². The summed E-state index contributed by atoms with van der Waals surface area (Å²) in [4.78, 5) is 14.8. The molecule has 1 rings (SSSR count). The average molecular weight is 220 g/mol. The molecule has 16 heavy (non-hydrogen) atoms. The van der Waals surface area contributed by atoms with E-state index in [1.54, 1.807) is 13.2 Å². The van der Waals surface area contributed by atoms with Gasteiger partial charge in [-0.2, -0.15) is 4.98 Å². The normalized spacial score (nSPS) is 10.0. The molecule has 0 saturated carbocycles. The minimum Gasteiger partial charge on any atom is -0.382 e. The number of nitrogens with two attached hydrogens (primary N) is 1. The molecule has 0 atom stereocenters. The van der Waals surface area contributed by atoms with Crippen LogP contribution in [0, 0.1) is 11.8 Å². The van der Waals surface area contributed by atoms with E-state index in [0.29, 0.717) is 18.2 Å². The van der Waals surface area contributed by atoms with Gasteiger partial charge in [0.25, 0.3) is 0 Å². The Balaban J connectivity index is 2.81. The second-order valence-electron chi connectivity index (χ2n) is 3.77. The quantitative estimate of drug-likeness (QED) is 0.672. The summed E-state index contributed by atoms with van der Waals surface area (Å²) in [6, 6.07) is 0.393. The van der Waals surface area contributed by atoms with Crippen LogP contribution in [0.15, 0.2) is 11.0 Å². The van der Waals surface area contributed by atoms with E-state index < -0.39 is 0 Å². The van der Waals surface area contributed by atoms with E-state index in [-0.39, 0.29) is 11.5 Å². The van der Waals surface area contributed by atoms with Gasteiger partial charge in [0.2, 0.25) is 0 Å². The number of hydrogen-bond acceptors (Lipinski definition) is 4. The molecule has 0 unspecified atom stereocenters. The molecule has 0 saturated heterocycles. The van der Waals surface area contributed by atoms with E-state index in [4.69, 9.17) is 5.73 Å². The molecule has 1 heterocycles. The number of anilines is 1. The highest BCUT2D eigenvalue weighted by molar-refractivity contribution is 5.48. The Morgan fingerprint density at radius 2 is 2.31 bits per heavy atom. The first kappa shape index (κ1) is 12.3. The monoisotopic (exact) mass is 220 g/mol. The van der Waals surface area contributed by atoms with Gasteiger partial charge >= 0.3 is 5.69 Å². The third-order valence-electron chi connectivity index (χ3n) is 1.94. The number of nitrogen functional groups attached to an aromatic ring is 1. The van der Waals surface area contributed by atoms with E-state index in [9.17, 15) is 4.79 Å². The van der Waals surface area contributed by atoms with E-state index in [2.05, 4.69) is 22.1 Å². The number of hydrogen-bond donors (Lipinski definition) is 2. The fourth-order valence-electron chi connectivity index (χ4n) is 1.05. The van der Waals surface area contributed by atoms with Crippen LogP contribution in [0.25, 0.3) is 0 Å². The largest absolute Gasteiger partial charge is 0.382 e. The summed E-state index contributed by atoms with van der Waals surface area (Å²) >= 11 is 0. The van der Waals surface area contributed by atoms with Crippen molar-refractivity contribution < 1.29 is 0 Å². The van der Waals surface area contributed by atoms with Gasteiger partial charge in [0.15, 0.2) is 0 Å². The Hall–Kier alpha value is -1.80. The number of aromatic nitrogens is 2. The van der Waals surface area contributed by atoms with Crippen LogP contribution in [0.5, 0.6) is 0 Å². The lowest BCUT2D eigenvalue weighted by Crippen LogP contribution is -2.23. The maximum Gasteiger partial charge on any atom is 0.349 e. The summed E-state index contributed by atoms with van der Waals surface area (Å²) in [6.07, 6.45) is 1.59. The van der Waals surface area contributed by atoms with E-state index in [1.165, 1.54) is 4.57 Å². The standard InChI is InChI=1S/C11H16N4O/c1-8(2)13-6-4-5-9-7-15(3)11(16)14-10(9)12/h7-8,13H,6H2,1-3H3,(H2,12,14,16). The van der Waals surface area contributed by atoms with Gasteiger partial charge in [-0.05, 0) is 13.8 Å². The van der Waals surface area contributed by atoms with Crippen LogP contribution in [0.1, 0.15) is 19.4 Å². The lowest BCUT2D eigenvalue weighted by Gasteiger charge is -2.02. The highest BCUT2D eigenvalue weighted by Crippen LogP contribution is 2.00. The summed E-state index contributed by atoms with van der Waals surface area (Å²) in [6.45, 7) is 4.67. The zero-order valence-electron chi connectivity index (χ0n) is 9.74. The molecular weight excluding hydrogens is 204 g/mol. The van der Waals surface area contributed by atoms with Gasteiger partial charge in [-0.15, -0.1) is 0 Å². The van der Waals surface area contributed by atoms with Gasteiger partial charge in [0.1, 0.15) is 5.82 Å². The fourth-order valence-corrected chi connectivity index (χ4v) is 1.05. The summed E-state index contributed by atoms with van der Waals surface area (Å²) in [5.74, 6) is 5.98. The van der Waals surface area contributed by atoms with Gasteiger partial charge in [-0.25, -0.2) is 4.79 Å². The van der Waals surface area contributed by atoms with Crippen molar-refractivity contribution in [3.63, 3.8) is 0 Å². The van der Waals surface area contributed by atoms with Gasteiger partial charge in [0.05, 0.1) is 12.1 Å². The van der Waals surface area contributed by atoms with Crippen LogP contribution in [-0.2, 0) is 7.05 Å². The topological polar surface area (TPSA) is 72.9 Å². The average Bonchev–Trinajstić information content (AvgIpc) is 2.19. The minimum absolute atomic E-state index is 0.181. The van der Waals surface area contributed by atoms with Crippen molar-refractivity contribution >= 4 is 5.82 Å². The van der Waals surface area contributed by atoms with Crippen LogP contribution >= 0.6 is 0 Å². The van der Waals surface area contributed by atoms with E-state index >= 15 is 0 Å². The molecule has 5 heteroatoms. The van der Waals surface area contributed by atoms with Gasteiger partial charge in [-0.1, -0.05) is 11.8 Å². The van der Waals surface area contributed by atoms with Crippen molar-refractivity contribution in [3.05, 3.63) is 22.2 Å². The van der Waals surface area contributed by atoms with Crippen molar-refractivity contribution in [3.8, 4) is 11.8 Å². The number of nitrogens with zero attached hydrogens (tertiary/aromatic N) is 2. The molecule has 3 N–H and O–H groups in total. The van der Waals surface area contributed by atoms with Crippen molar-refractivity contribution in [2.24, 2.45) is 7.05 Å². The predicted molar refractivity (Wildman–Crippen MR) is 63.9 cm³/mol. The molecule has 0 aliphatic carbocycles. The summed E-state index contributed by atoms with van der Waals surface area (Å²) < 4.78 is 1.36. The maximum atomic E-state index is 11.1. The Kier molecular flexibility index (Phi) is 4.09. The predicted octanol–water partition coefficient (Wildman–Crippen LogP) is -0.288. The molecule has 0 aromatic carbocycles. The van der Waals surface area contributed by atoms with Crippen molar-refractivity contribution in [2.45, 2.75) is 19.9 Å². The Labute approximate surface area is 94.7 Å². The summed E-state index contributed by atoms with van der Waals surface area (Å²) in [5.41, 5.74) is 5.79. The lowest BCUT2D eigenvalue weighted by molar-refractivity contribution is 0.638. The highest BCUT2D eigenvalue weighted by atomic mass is 16.1. The number of aryl methyl sites for hydroxylation is 1. The molecule has 0 aliphatic rings. The number of nitrogens with one attached hydrogen (secondary N) is 1. The molecule has 86 valence electrons. The van der Waals surface area contributed by atoms with Crippen molar-refractivity contribution in [2.75, 3.05) is 12.3 Å². The molecule has 0 radical (unpaired) electrons. The zero-order valence-corrected chi connectivity index (χ0v) is 9.74. The second kappa shape index (κ2) is 5.33. The Morgan fingerprint density at radius 3 is 2.94 bits per heavy atom. The molecule has 0 amide bonds. The maximum absolute atomic E-state index is 11.1. The molecule has 1 aromatic rings. The molecule has 5 nitrogen and oxygen atoms in total. The van der Waals surface area contributed by atoms with E-state index in [1.807, 2.05) is 13.8 Å². The lowest BCUT2D eigenvalue weighted by atomic mass is 10.3. The molecule has 0 fully saturated rings. The van der Waals surface area contributed by atoms with Crippen LogP contribution in [-0.4, -0.2) is 22.1 Å². The van der Waals surface area contributed by atoms with E-state index in [0.717, 1.165) is 0 Å². The van der Waals surface area contributed by atoms with Crippen LogP contribution < -0.4 is 16.7 Å². The summed E-state index contributed by atoms with van der Waals surface area (Å²) in [7, 11) is 1.62. The first-order valence-corrected chi connectivity index (χ1v) is 5.06. The molecular formula is C11H16N4O. The van der Waals surface area contributed by atoms with Crippen LogP contribution in [0.4, 0.5) is 5.82 Å². The van der Waals surface area contributed by atoms with Gasteiger partial charge < -0.3 is 15.6 Å². The Morgan fingerprint density at radius 1 is 1.62 bits per heavy atom. The second-order valence-corrected chi connectivity index (χ2v) is 3.77. The first-order valence-electron chi connectivity index (χ1n) is 5.06. The van der Waals surface area contributed by atoms with Crippen molar-refractivity contribution in [1.29, 1.82) is 0 Å². The van der Waals surface area contributed by atoms with Gasteiger partial charge in [-0.3, -0.25) is 0 Å². The zero-order chi connectivity index (χ0) is 12.1. The minimum atomic E-state index is -0.372. The van der Waals surface area contributed by atoms with Gasteiger partial charge in [0, 0.05) is 19.3 Å².